The number of para-hydroxylation sites is 1. The van der Waals surface area contributed by atoms with Crippen LogP contribution in [0.2, 0.25) is 0 Å². The third-order valence-corrected chi connectivity index (χ3v) is 2.91. The summed E-state index contributed by atoms with van der Waals surface area (Å²) in [7, 11) is 0. The zero-order chi connectivity index (χ0) is 11.9. The Morgan fingerprint density at radius 1 is 1.47 bits per heavy atom. The SMILES string of the molecule is C=COCCCNC1CCOc2ccccc21. The van der Waals surface area contributed by atoms with E-state index in [2.05, 4.69) is 24.0 Å². The van der Waals surface area contributed by atoms with Crippen LogP contribution in [0, 0.1) is 0 Å². The van der Waals surface area contributed by atoms with Gasteiger partial charge in [-0.05, 0) is 19.0 Å². The monoisotopic (exact) mass is 233 g/mol. The van der Waals surface area contributed by atoms with E-state index in [1.807, 2.05) is 12.1 Å². The molecule has 17 heavy (non-hydrogen) atoms. The third kappa shape index (κ3) is 3.24. The molecule has 92 valence electrons. The standard InChI is InChI=1S/C14H19NO2/c1-2-16-10-5-9-15-13-8-11-17-14-7-4-3-6-12(13)14/h2-4,6-7,13,15H,1,5,8-11H2. The lowest BCUT2D eigenvalue weighted by Gasteiger charge is -2.26. The maximum Gasteiger partial charge on any atom is 0.124 e. The molecule has 1 atom stereocenters. The highest BCUT2D eigenvalue weighted by atomic mass is 16.5. The van der Waals surface area contributed by atoms with Crippen LogP contribution >= 0.6 is 0 Å². The minimum Gasteiger partial charge on any atom is -0.502 e. The summed E-state index contributed by atoms with van der Waals surface area (Å²) in [6.45, 7) is 5.98. The molecule has 0 saturated carbocycles. The van der Waals surface area contributed by atoms with Gasteiger partial charge in [0.1, 0.15) is 5.75 Å². The first kappa shape index (κ1) is 12.0. The van der Waals surface area contributed by atoms with Gasteiger partial charge in [-0.15, -0.1) is 0 Å². The highest BCUT2D eigenvalue weighted by Gasteiger charge is 2.19. The summed E-state index contributed by atoms with van der Waals surface area (Å²) in [5.74, 6) is 1.01. The molecule has 2 rings (SSSR count). The largest absolute Gasteiger partial charge is 0.502 e. The average molecular weight is 233 g/mol. The van der Waals surface area contributed by atoms with Crippen LogP contribution in [0.15, 0.2) is 37.1 Å². The fourth-order valence-corrected chi connectivity index (χ4v) is 2.07. The van der Waals surface area contributed by atoms with Crippen LogP contribution in [0.1, 0.15) is 24.4 Å². The Bertz CT molecular complexity index is 365. The fourth-order valence-electron chi connectivity index (χ4n) is 2.07. The van der Waals surface area contributed by atoms with Crippen LogP contribution in [0.25, 0.3) is 0 Å². The second-order valence-corrected chi connectivity index (χ2v) is 4.07. The van der Waals surface area contributed by atoms with Crippen molar-refractivity contribution in [1.82, 2.24) is 5.32 Å². The average Bonchev–Trinajstić information content (AvgIpc) is 2.39. The highest BCUT2D eigenvalue weighted by Crippen LogP contribution is 2.31. The van der Waals surface area contributed by atoms with Crippen LogP contribution in [0.5, 0.6) is 5.75 Å². The number of rotatable bonds is 6. The molecule has 0 fully saturated rings. The van der Waals surface area contributed by atoms with Gasteiger partial charge in [0.2, 0.25) is 0 Å². The van der Waals surface area contributed by atoms with Gasteiger partial charge in [0, 0.05) is 18.0 Å². The lowest BCUT2D eigenvalue weighted by atomic mass is 10.0. The first-order valence-electron chi connectivity index (χ1n) is 6.09. The molecule has 1 aliphatic rings. The summed E-state index contributed by atoms with van der Waals surface area (Å²) in [4.78, 5) is 0. The van der Waals surface area contributed by atoms with E-state index >= 15 is 0 Å². The van der Waals surface area contributed by atoms with E-state index in [9.17, 15) is 0 Å². The van der Waals surface area contributed by atoms with Gasteiger partial charge >= 0.3 is 0 Å². The Labute approximate surface area is 102 Å². The van der Waals surface area contributed by atoms with Gasteiger partial charge in [-0.3, -0.25) is 0 Å². The molecule has 1 aromatic rings. The van der Waals surface area contributed by atoms with Gasteiger partial charge in [-0.1, -0.05) is 24.8 Å². The van der Waals surface area contributed by atoms with Gasteiger partial charge in [0.25, 0.3) is 0 Å². The van der Waals surface area contributed by atoms with Crippen LogP contribution in [0.3, 0.4) is 0 Å². The van der Waals surface area contributed by atoms with Crippen molar-refractivity contribution in [2.45, 2.75) is 18.9 Å². The van der Waals surface area contributed by atoms with E-state index in [0.717, 1.165) is 38.3 Å². The molecule has 0 amide bonds. The molecule has 0 aliphatic carbocycles. The molecule has 1 aromatic carbocycles. The summed E-state index contributed by atoms with van der Waals surface area (Å²) in [5.41, 5.74) is 1.27. The van der Waals surface area contributed by atoms with Crippen LogP contribution in [0.4, 0.5) is 0 Å². The van der Waals surface area contributed by atoms with Gasteiger partial charge in [-0.25, -0.2) is 0 Å². The Kier molecular flexibility index (Phi) is 4.45. The highest BCUT2D eigenvalue weighted by molar-refractivity contribution is 5.37. The second kappa shape index (κ2) is 6.30. The smallest absolute Gasteiger partial charge is 0.124 e. The van der Waals surface area contributed by atoms with Crippen LogP contribution in [-0.2, 0) is 4.74 Å². The Morgan fingerprint density at radius 2 is 2.35 bits per heavy atom. The van der Waals surface area contributed by atoms with Crippen molar-refractivity contribution in [1.29, 1.82) is 0 Å². The Morgan fingerprint density at radius 3 is 3.24 bits per heavy atom. The van der Waals surface area contributed by atoms with Crippen LogP contribution < -0.4 is 10.1 Å². The lowest BCUT2D eigenvalue weighted by molar-refractivity contribution is 0.231. The fraction of sp³-hybridized carbons (Fsp3) is 0.429. The summed E-state index contributed by atoms with van der Waals surface area (Å²) in [6, 6.07) is 8.64. The molecule has 1 heterocycles. The predicted octanol–water partition coefficient (Wildman–Crippen LogP) is 2.65. The molecule has 3 nitrogen and oxygen atoms in total. The van der Waals surface area contributed by atoms with E-state index in [1.165, 1.54) is 11.8 Å². The molecule has 0 saturated heterocycles. The number of hydrogen-bond acceptors (Lipinski definition) is 3. The molecule has 1 aliphatic heterocycles. The van der Waals surface area contributed by atoms with Gasteiger partial charge in [0.15, 0.2) is 0 Å². The number of ether oxygens (including phenoxy) is 2. The quantitative estimate of drug-likeness (QED) is 0.605. The topological polar surface area (TPSA) is 30.5 Å². The molecular weight excluding hydrogens is 214 g/mol. The molecule has 3 heteroatoms. The van der Waals surface area contributed by atoms with Crippen molar-refractivity contribution < 1.29 is 9.47 Å². The van der Waals surface area contributed by atoms with Crippen LogP contribution in [-0.4, -0.2) is 19.8 Å². The van der Waals surface area contributed by atoms with Gasteiger partial charge in [-0.2, -0.15) is 0 Å². The summed E-state index contributed by atoms with van der Waals surface area (Å²) >= 11 is 0. The summed E-state index contributed by atoms with van der Waals surface area (Å²) < 4.78 is 10.7. The maximum absolute atomic E-state index is 5.62. The van der Waals surface area contributed by atoms with Crippen molar-refractivity contribution >= 4 is 0 Å². The molecular formula is C14H19NO2. The second-order valence-electron chi connectivity index (χ2n) is 4.07. The van der Waals surface area contributed by atoms with Gasteiger partial charge < -0.3 is 14.8 Å². The molecule has 0 spiro atoms. The molecule has 0 radical (unpaired) electrons. The Balaban J connectivity index is 1.84. The number of fused-ring (bicyclic) bond motifs is 1. The molecule has 1 unspecified atom stereocenters. The predicted molar refractivity (Wildman–Crippen MR) is 68.1 cm³/mol. The zero-order valence-electron chi connectivity index (χ0n) is 10.0. The van der Waals surface area contributed by atoms with Crippen molar-refractivity contribution in [2.24, 2.45) is 0 Å². The number of hydrogen-bond donors (Lipinski definition) is 1. The molecule has 0 aromatic heterocycles. The van der Waals surface area contributed by atoms with Crippen molar-refractivity contribution in [2.75, 3.05) is 19.8 Å². The van der Waals surface area contributed by atoms with E-state index in [0.29, 0.717) is 6.04 Å². The van der Waals surface area contributed by atoms with Crippen molar-refractivity contribution in [3.8, 4) is 5.75 Å². The van der Waals surface area contributed by atoms with Gasteiger partial charge in [0.05, 0.1) is 19.5 Å². The molecule has 0 bridgehead atoms. The summed E-state index contributed by atoms with van der Waals surface area (Å²) in [6.07, 6.45) is 3.51. The minimum absolute atomic E-state index is 0.406. The summed E-state index contributed by atoms with van der Waals surface area (Å²) in [5, 5.41) is 3.54. The van der Waals surface area contributed by atoms with E-state index < -0.39 is 0 Å². The maximum atomic E-state index is 5.62. The minimum atomic E-state index is 0.406. The normalized spacial score (nSPS) is 18.0. The first-order valence-corrected chi connectivity index (χ1v) is 6.09. The van der Waals surface area contributed by atoms with Crippen molar-refractivity contribution in [3.05, 3.63) is 42.7 Å². The number of nitrogens with one attached hydrogen (secondary N) is 1. The number of benzene rings is 1. The van der Waals surface area contributed by atoms with E-state index in [1.54, 1.807) is 0 Å². The third-order valence-electron chi connectivity index (χ3n) is 2.91. The zero-order valence-corrected chi connectivity index (χ0v) is 10.0. The molecule has 1 N–H and O–H groups in total. The lowest BCUT2D eigenvalue weighted by Crippen LogP contribution is -2.28. The van der Waals surface area contributed by atoms with E-state index in [-0.39, 0.29) is 0 Å². The van der Waals surface area contributed by atoms with E-state index in [4.69, 9.17) is 9.47 Å². The Hall–Kier alpha value is -1.48. The van der Waals surface area contributed by atoms with Crippen molar-refractivity contribution in [3.63, 3.8) is 0 Å². The first-order chi connectivity index (χ1) is 8.42.